The molecule has 0 aliphatic carbocycles. The molecule has 0 aliphatic rings. The molecular weight excluding hydrogens is 398 g/mol. The number of aromatic carboxylic acids is 1. The Hall–Kier alpha value is -2.36. The van der Waals surface area contributed by atoms with Crippen LogP contribution in [-0.2, 0) is 25.7 Å². The number of carboxylic acid groups (broad SMARTS) is 1. The topological polar surface area (TPSA) is 37.3 Å². The first kappa shape index (κ1) is 20.4. The highest BCUT2D eigenvalue weighted by Gasteiger charge is 2.12. The van der Waals surface area contributed by atoms with E-state index in [2.05, 4.69) is 0 Å². The lowest BCUT2D eigenvalue weighted by molar-refractivity contribution is 0.0697. The van der Waals surface area contributed by atoms with Crippen LogP contribution in [0.25, 0.3) is 0 Å². The molecular formula is C23H19Cl2FO2. The molecule has 28 heavy (non-hydrogen) atoms. The van der Waals surface area contributed by atoms with Crippen molar-refractivity contribution in [1.82, 2.24) is 0 Å². The summed E-state index contributed by atoms with van der Waals surface area (Å²) in [4.78, 5) is 11.0. The van der Waals surface area contributed by atoms with E-state index in [-0.39, 0.29) is 11.4 Å². The summed E-state index contributed by atoms with van der Waals surface area (Å²) >= 11 is 12.6. The Kier molecular flexibility index (Phi) is 6.71. The molecule has 144 valence electrons. The van der Waals surface area contributed by atoms with Gasteiger partial charge in [0.1, 0.15) is 5.82 Å². The zero-order chi connectivity index (χ0) is 20.1. The Morgan fingerprint density at radius 1 is 0.857 bits per heavy atom. The minimum atomic E-state index is -0.941. The van der Waals surface area contributed by atoms with Crippen LogP contribution in [0.4, 0.5) is 4.39 Å². The zero-order valence-corrected chi connectivity index (χ0v) is 16.6. The SMILES string of the molecule is O=C(O)c1ccc(CCc2cc(Cl)cc(Cl)c2CCc2ccccc2F)cc1. The fourth-order valence-electron chi connectivity index (χ4n) is 3.21. The number of hydrogen-bond acceptors (Lipinski definition) is 1. The van der Waals surface area contributed by atoms with E-state index >= 15 is 0 Å². The molecule has 3 aromatic rings. The molecule has 0 saturated heterocycles. The minimum Gasteiger partial charge on any atom is -0.478 e. The fourth-order valence-corrected chi connectivity index (χ4v) is 3.84. The van der Waals surface area contributed by atoms with Crippen LogP contribution in [0.3, 0.4) is 0 Å². The maximum Gasteiger partial charge on any atom is 0.335 e. The second kappa shape index (κ2) is 9.22. The Bertz CT molecular complexity index is 984. The summed E-state index contributed by atoms with van der Waals surface area (Å²) < 4.78 is 13.9. The molecule has 0 bridgehead atoms. The number of benzene rings is 3. The number of carbonyl (C=O) groups is 1. The van der Waals surface area contributed by atoms with Crippen molar-refractivity contribution in [3.8, 4) is 0 Å². The molecule has 0 atom stereocenters. The van der Waals surface area contributed by atoms with Crippen LogP contribution in [0.1, 0.15) is 32.6 Å². The lowest BCUT2D eigenvalue weighted by atomic mass is 9.95. The van der Waals surface area contributed by atoms with Gasteiger partial charge in [-0.2, -0.15) is 0 Å². The van der Waals surface area contributed by atoms with Crippen molar-refractivity contribution in [2.75, 3.05) is 0 Å². The van der Waals surface area contributed by atoms with Crippen LogP contribution >= 0.6 is 23.2 Å². The number of carboxylic acids is 1. The lowest BCUT2D eigenvalue weighted by Gasteiger charge is -2.13. The van der Waals surface area contributed by atoms with Gasteiger partial charge in [-0.25, -0.2) is 9.18 Å². The van der Waals surface area contributed by atoms with Gasteiger partial charge >= 0.3 is 5.97 Å². The normalized spacial score (nSPS) is 10.8. The smallest absolute Gasteiger partial charge is 0.335 e. The van der Waals surface area contributed by atoms with Crippen LogP contribution in [0.5, 0.6) is 0 Å². The van der Waals surface area contributed by atoms with E-state index in [1.165, 1.54) is 6.07 Å². The molecule has 2 nitrogen and oxygen atoms in total. The van der Waals surface area contributed by atoms with E-state index in [1.807, 2.05) is 24.3 Å². The Balaban J connectivity index is 1.76. The highest BCUT2D eigenvalue weighted by atomic mass is 35.5. The van der Waals surface area contributed by atoms with Crippen molar-refractivity contribution in [1.29, 1.82) is 0 Å². The predicted octanol–water partition coefficient (Wildman–Crippen LogP) is 6.40. The van der Waals surface area contributed by atoms with E-state index in [1.54, 1.807) is 30.3 Å². The fraction of sp³-hybridized carbons (Fsp3) is 0.174. The molecule has 0 spiro atoms. The molecule has 0 heterocycles. The second-order valence-corrected chi connectivity index (χ2v) is 7.46. The van der Waals surface area contributed by atoms with Crippen LogP contribution < -0.4 is 0 Å². The van der Waals surface area contributed by atoms with Crippen molar-refractivity contribution in [3.63, 3.8) is 0 Å². The third kappa shape index (κ3) is 5.12. The maximum atomic E-state index is 13.9. The summed E-state index contributed by atoms with van der Waals surface area (Å²) in [6.45, 7) is 0. The maximum absolute atomic E-state index is 13.9. The standard InChI is InChI=1S/C23H19Cl2FO2/c24-19-13-18(10-7-15-5-8-17(9-6-15)23(27)28)20(21(25)14-19)12-11-16-3-1-2-4-22(16)26/h1-6,8-9,13-14H,7,10-12H2,(H,27,28). The summed E-state index contributed by atoms with van der Waals surface area (Å²) in [5.41, 5.74) is 3.94. The van der Waals surface area contributed by atoms with E-state index in [0.717, 1.165) is 23.1 Å². The minimum absolute atomic E-state index is 0.215. The van der Waals surface area contributed by atoms with Gasteiger partial charge in [0.25, 0.3) is 0 Å². The monoisotopic (exact) mass is 416 g/mol. The Morgan fingerprint density at radius 3 is 2.21 bits per heavy atom. The molecule has 0 amide bonds. The first-order valence-electron chi connectivity index (χ1n) is 8.96. The van der Waals surface area contributed by atoms with E-state index in [4.69, 9.17) is 28.3 Å². The van der Waals surface area contributed by atoms with Crippen LogP contribution in [0, 0.1) is 5.82 Å². The summed E-state index contributed by atoms with van der Waals surface area (Å²) in [7, 11) is 0. The number of aryl methyl sites for hydroxylation is 3. The number of halogens is 3. The molecule has 0 radical (unpaired) electrons. The Labute approximate surface area is 173 Å². The molecule has 0 aromatic heterocycles. The third-order valence-corrected chi connectivity index (χ3v) is 5.29. The van der Waals surface area contributed by atoms with Gasteiger partial charge in [0.05, 0.1) is 5.56 Å². The molecule has 3 aromatic carbocycles. The van der Waals surface area contributed by atoms with Crippen molar-refractivity contribution in [2.24, 2.45) is 0 Å². The predicted molar refractivity (Wildman–Crippen MR) is 111 cm³/mol. The van der Waals surface area contributed by atoms with E-state index in [9.17, 15) is 9.18 Å². The highest BCUT2D eigenvalue weighted by Crippen LogP contribution is 2.28. The molecule has 0 unspecified atom stereocenters. The van der Waals surface area contributed by atoms with Gasteiger partial charge in [-0.05, 0) is 78.3 Å². The second-order valence-electron chi connectivity index (χ2n) is 6.62. The van der Waals surface area contributed by atoms with Gasteiger partial charge in [-0.1, -0.05) is 53.5 Å². The summed E-state index contributed by atoms with van der Waals surface area (Å²) in [5.74, 6) is -1.16. The summed E-state index contributed by atoms with van der Waals surface area (Å²) in [6.07, 6.45) is 2.60. The van der Waals surface area contributed by atoms with Gasteiger partial charge in [0.15, 0.2) is 0 Å². The highest BCUT2D eigenvalue weighted by molar-refractivity contribution is 6.35. The van der Waals surface area contributed by atoms with Gasteiger partial charge in [-0.3, -0.25) is 0 Å². The summed E-state index contributed by atoms with van der Waals surface area (Å²) in [5, 5.41) is 10.1. The van der Waals surface area contributed by atoms with Crippen molar-refractivity contribution >= 4 is 29.2 Å². The van der Waals surface area contributed by atoms with Crippen molar-refractivity contribution < 1.29 is 14.3 Å². The average molecular weight is 417 g/mol. The van der Waals surface area contributed by atoms with Gasteiger partial charge in [0.2, 0.25) is 0 Å². The first-order valence-corrected chi connectivity index (χ1v) is 9.72. The largest absolute Gasteiger partial charge is 0.478 e. The molecule has 1 N–H and O–H groups in total. The van der Waals surface area contributed by atoms with Crippen LogP contribution in [0.15, 0.2) is 60.7 Å². The molecule has 3 rings (SSSR count). The third-order valence-electron chi connectivity index (χ3n) is 4.74. The van der Waals surface area contributed by atoms with Crippen LogP contribution in [0.2, 0.25) is 10.0 Å². The van der Waals surface area contributed by atoms with Crippen molar-refractivity contribution in [2.45, 2.75) is 25.7 Å². The van der Waals surface area contributed by atoms with Crippen molar-refractivity contribution in [3.05, 3.63) is 104 Å². The lowest BCUT2D eigenvalue weighted by Crippen LogP contribution is -2.02. The van der Waals surface area contributed by atoms with Gasteiger partial charge in [0, 0.05) is 10.0 Å². The molecule has 5 heteroatoms. The first-order chi connectivity index (χ1) is 13.4. The Morgan fingerprint density at radius 2 is 1.54 bits per heavy atom. The number of rotatable bonds is 7. The summed E-state index contributed by atoms with van der Waals surface area (Å²) in [6, 6.07) is 17.2. The quantitative estimate of drug-likeness (QED) is 0.483. The van der Waals surface area contributed by atoms with E-state index < -0.39 is 5.97 Å². The molecule has 0 aliphatic heterocycles. The van der Waals surface area contributed by atoms with Gasteiger partial charge < -0.3 is 5.11 Å². The average Bonchev–Trinajstić information content (AvgIpc) is 2.67. The number of hydrogen-bond donors (Lipinski definition) is 1. The molecule has 0 saturated carbocycles. The van der Waals surface area contributed by atoms with Crippen LogP contribution in [-0.4, -0.2) is 11.1 Å². The van der Waals surface area contributed by atoms with Gasteiger partial charge in [-0.15, -0.1) is 0 Å². The van der Waals surface area contributed by atoms with E-state index in [0.29, 0.717) is 34.9 Å². The molecule has 0 fully saturated rings. The zero-order valence-electron chi connectivity index (χ0n) is 15.1.